The lowest BCUT2D eigenvalue weighted by Gasteiger charge is -2.12. The van der Waals surface area contributed by atoms with Crippen LogP contribution in [0, 0.1) is 0 Å². The summed E-state index contributed by atoms with van der Waals surface area (Å²) in [5, 5.41) is 6.00. The summed E-state index contributed by atoms with van der Waals surface area (Å²) >= 11 is 0. The number of carbonyl (C=O) groups is 1. The lowest BCUT2D eigenvalue weighted by atomic mass is 10.1. The third kappa shape index (κ3) is 3.91. The number of fused-ring (bicyclic) bond motifs is 1. The van der Waals surface area contributed by atoms with E-state index in [-0.39, 0.29) is 12.5 Å². The minimum absolute atomic E-state index is 0.0165. The smallest absolute Gasteiger partial charge is 0.239 e. The van der Waals surface area contributed by atoms with Gasteiger partial charge in [0.15, 0.2) is 0 Å². The molecule has 0 bridgehead atoms. The van der Waals surface area contributed by atoms with Gasteiger partial charge in [-0.25, -0.2) is 9.97 Å². The number of carbonyl (C=O) groups excluding carboxylic acids is 1. The molecule has 0 spiro atoms. The van der Waals surface area contributed by atoms with Crippen LogP contribution in [0.3, 0.4) is 0 Å². The number of hydrogen-bond donors (Lipinski definition) is 2. The molecule has 0 saturated carbocycles. The first-order valence-corrected chi connectivity index (χ1v) is 7.14. The first-order valence-electron chi connectivity index (χ1n) is 7.14. The first-order chi connectivity index (χ1) is 9.31. The molecule has 1 aliphatic rings. The second kappa shape index (κ2) is 7.07. The third-order valence-corrected chi connectivity index (χ3v) is 3.36. The fourth-order valence-corrected chi connectivity index (χ4v) is 2.34. The average molecular weight is 262 g/mol. The lowest BCUT2D eigenvalue weighted by Crippen LogP contribution is -2.30. The second-order valence-corrected chi connectivity index (χ2v) is 4.91. The Morgan fingerprint density at radius 2 is 2.11 bits per heavy atom. The van der Waals surface area contributed by atoms with Crippen LogP contribution in [0.25, 0.3) is 0 Å². The van der Waals surface area contributed by atoms with Crippen molar-refractivity contribution in [1.82, 2.24) is 15.3 Å². The summed E-state index contributed by atoms with van der Waals surface area (Å²) in [6.45, 7) is 3.05. The summed E-state index contributed by atoms with van der Waals surface area (Å²) in [5.74, 6) is 0.849. The standard InChI is InChI=1S/C14H22N4O/c1-2-8-15-13(19)9-16-14-11-6-4-3-5-7-12(11)17-10-18-14/h10H,2-9H2,1H3,(H,15,19)(H,16,17,18). The van der Waals surface area contributed by atoms with Crippen molar-refractivity contribution in [1.29, 1.82) is 0 Å². The van der Waals surface area contributed by atoms with E-state index in [2.05, 4.69) is 20.6 Å². The number of rotatable bonds is 5. The largest absolute Gasteiger partial charge is 0.361 e. The summed E-state index contributed by atoms with van der Waals surface area (Å²) in [7, 11) is 0. The first kappa shape index (κ1) is 13.8. The van der Waals surface area contributed by atoms with E-state index in [1.54, 1.807) is 6.33 Å². The van der Waals surface area contributed by atoms with Gasteiger partial charge in [-0.3, -0.25) is 4.79 Å². The molecule has 19 heavy (non-hydrogen) atoms. The Balaban J connectivity index is 1.98. The van der Waals surface area contributed by atoms with Gasteiger partial charge in [-0.2, -0.15) is 0 Å². The maximum atomic E-state index is 11.6. The molecule has 5 nitrogen and oxygen atoms in total. The summed E-state index contributed by atoms with van der Waals surface area (Å²) in [4.78, 5) is 20.2. The van der Waals surface area contributed by atoms with E-state index in [1.165, 1.54) is 24.8 Å². The number of hydrogen-bond acceptors (Lipinski definition) is 4. The average Bonchev–Trinajstić information content (AvgIpc) is 2.68. The van der Waals surface area contributed by atoms with E-state index >= 15 is 0 Å². The van der Waals surface area contributed by atoms with E-state index in [0.29, 0.717) is 0 Å². The van der Waals surface area contributed by atoms with Crippen molar-refractivity contribution in [3.8, 4) is 0 Å². The Morgan fingerprint density at radius 1 is 1.26 bits per heavy atom. The Morgan fingerprint density at radius 3 is 2.95 bits per heavy atom. The fraction of sp³-hybridized carbons (Fsp3) is 0.643. The van der Waals surface area contributed by atoms with Crippen molar-refractivity contribution in [2.24, 2.45) is 0 Å². The molecule has 104 valence electrons. The van der Waals surface area contributed by atoms with Crippen molar-refractivity contribution in [3.05, 3.63) is 17.6 Å². The minimum Gasteiger partial charge on any atom is -0.361 e. The lowest BCUT2D eigenvalue weighted by molar-refractivity contribution is -0.119. The third-order valence-electron chi connectivity index (χ3n) is 3.36. The van der Waals surface area contributed by atoms with Crippen molar-refractivity contribution >= 4 is 11.7 Å². The normalized spacial score (nSPS) is 14.4. The van der Waals surface area contributed by atoms with Crippen LogP contribution in [0.1, 0.15) is 43.9 Å². The van der Waals surface area contributed by atoms with E-state index in [4.69, 9.17) is 0 Å². The number of amides is 1. The van der Waals surface area contributed by atoms with Gasteiger partial charge < -0.3 is 10.6 Å². The van der Waals surface area contributed by atoms with Gasteiger partial charge in [0, 0.05) is 17.8 Å². The highest BCUT2D eigenvalue weighted by Gasteiger charge is 2.14. The zero-order valence-corrected chi connectivity index (χ0v) is 11.5. The molecule has 1 aromatic rings. The van der Waals surface area contributed by atoms with Crippen LogP contribution >= 0.6 is 0 Å². The number of aromatic nitrogens is 2. The van der Waals surface area contributed by atoms with Gasteiger partial charge in [-0.15, -0.1) is 0 Å². The van der Waals surface area contributed by atoms with Crippen LogP contribution in [0.15, 0.2) is 6.33 Å². The van der Waals surface area contributed by atoms with Gasteiger partial charge in [0.2, 0.25) is 5.91 Å². The Hall–Kier alpha value is -1.65. The van der Waals surface area contributed by atoms with Crippen molar-refractivity contribution in [3.63, 3.8) is 0 Å². The van der Waals surface area contributed by atoms with Crippen LogP contribution in [-0.2, 0) is 17.6 Å². The van der Waals surface area contributed by atoms with Crippen LogP contribution in [0.2, 0.25) is 0 Å². The SMILES string of the molecule is CCCNC(=O)CNc1ncnc2c1CCCCC2. The molecule has 5 heteroatoms. The number of anilines is 1. The van der Waals surface area contributed by atoms with E-state index in [9.17, 15) is 4.79 Å². The molecule has 0 fully saturated rings. The zero-order chi connectivity index (χ0) is 13.5. The van der Waals surface area contributed by atoms with Crippen LogP contribution in [0.4, 0.5) is 5.82 Å². The highest BCUT2D eigenvalue weighted by atomic mass is 16.1. The topological polar surface area (TPSA) is 66.9 Å². The molecule has 0 unspecified atom stereocenters. The zero-order valence-electron chi connectivity index (χ0n) is 11.5. The van der Waals surface area contributed by atoms with Crippen LogP contribution < -0.4 is 10.6 Å². The monoisotopic (exact) mass is 262 g/mol. The molecule has 1 aliphatic carbocycles. The Kier molecular flexibility index (Phi) is 5.12. The number of nitrogens with one attached hydrogen (secondary N) is 2. The molecule has 0 atom stereocenters. The summed E-state index contributed by atoms with van der Waals surface area (Å²) in [6.07, 6.45) is 8.19. The Labute approximate surface area is 114 Å². The predicted octanol–water partition coefficient (Wildman–Crippen LogP) is 1.68. The van der Waals surface area contributed by atoms with E-state index in [1.807, 2.05) is 6.92 Å². The number of nitrogens with zero attached hydrogens (tertiary/aromatic N) is 2. The van der Waals surface area contributed by atoms with Gasteiger partial charge >= 0.3 is 0 Å². The van der Waals surface area contributed by atoms with Gasteiger partial charge in [0.05, 0.1) is 6.54 Å². The second-order valence-electron chi connectivity index (χ2n) is 4.91. The van der Waals surface area contributed by atoms with Crippen LogP contribution in [-0.4, -0.2) is 29.0 Å². The molecule has 0 aliphatic heterocycles. The summed E-state index contributed by atoms with van der Waals surface area (Å²) in [6, 6.07) is 0. The highest BCUT2D eigenvalue weighted by Crippen LogP contribution is 2.23. The molecule has 1 amide bonds. The maximum absolute atomic E-state index is 11.6. The summed E-state index contributed by atoms with van der Waals surface area (Å²) < 4.78 is 0. The van der Waals surface area contributed by atoms with Crippen molar-refractivity contribution in [2.45, 2.75) is 45.4 Å². The molecular formula is C14H22N4O. The van der Waals surface area contributed by atoms with Gasteiger partial charge in [-0.1, -0.05) is 13.3 Å². The molecule has 0 aromatic carbocycles. The molecule has 0 radical (unpaired) electrons. The quantitative estimate of drug-likeness (QED) is 0.792. The summed E-state index contributed by atoms with van der Waals surface area (Å²) in [5.41, 5.74) is 2.34. The maximum Gasteiger partial charge on any atom is 0.239 e. The number of aryl methyl sites for hydroxylation is 1. The highest BCUT2D eigenvalue weighted by molar-refractivity contribution is 5.80. The molecular weight excluding hydrogens is 240 g/mol. The molecule has 1 aromatic heterocycles. The van der Waals surface area contributed by atoms with E-state index in [0.717, 1.165) is 37.3 Å². The van der Waals surface area contributed by atoms with Crippen molar-refractivity contribution in [2.75, 3.05) is 18.4 Å². The van der Waals surface area contributed by atoms with Gasteiger partial charge in [0.25, 0.3) is 0 Å². The predicted molar refractivity (Wildman–Crippen MR) is 75.1 cm³/mol. The van der Waals surface area contributed by atoms with Gasteiger partial charge in [-0.05, 0) is 32.1 Å². The molecule has 2 rings (SSSR count). The van der Waals surface area contributed by atoms with E-state index < -0.39 is 0 Å². The minimum atomic E-state index is 0.0165. The molecule has 0 saturated heterocycles. The Bertz CT molecular complexity index is 433. The van der Waals surface area contributed by atoms with Crippen LogP contribution in [0.5, 0.6) is 0 Å². The molecule has 1 heterocycles. The van der Waals surface area contributed by atoms with Gasteiger partial charge in [0.1, 0.15) is 12.1 Å². The molecule has 2 N–H and O–H groups in total. The van der Waals surface area contributed by atoms with Crippen molar-refractivity contribution < 1.29 is 4.79 Å². The fourth-order valence-electron chi connectivity index (χ4n) is 2.34.